The standard InChI is InChI=1S/C15H30/c1-8-15(12(6)9-10(2)3)13(7)14(15)11(4)5/h10-14H,8-9H2,1-7H3. The average molecular weight is 210 g/mol. The van der Waals surface area contributed by atoms with E-state index in [0.29, 0.717) is 5.41 Å². The molecule has 0 spiro atoms. The predicted octanol–water partition coefficient (Wildman–Crippen LogP) is 4.99. The van der Waals surface area contributed by atoms with Crippen LogP contribution in [-0.4, -0.2) is 0 Å². The van der Waals surface area contributed by atoms with Crippen LogP contribution in [-0.2, 0) is 0 Å². The van der Waals surface area contributed by atoms with E-state index in [-0.39, 0.29) is 0 Å². The summed E-state index contributed by atoms with van der Waals surface area (Å²) in [7, 11) is 0. The van der Waals surface area contributed by atoms with Crippen LogP contribution >= 0.6 is 0 Å². The minimum Gasteiger partial charge on any atom is -0.0648 e. The molecule has 0 aliphatic heterocycles. The molecule has 0 aromatic heterocycles. The molecule has 1 rings (SSSR count). The van der Waals surface area contributed by atoms with Crippen LogP contribution in [0.3, 0.4) is 0 Å². The van der Waals surface area contributed by atoms with Crippen LogP contribution in [0.1, 0.15) is 61.3 Å². The molecule has 1 saturated carbocycles. The van der Waals surface area contributed by atoms with Crippen LogP contribution in [0.5, 0.6) is 0 Å². The molecule has 0 heteroatoms. The second-order valence-electron chi connectivity index (χ2n) is 6.55. The third-order valence-corrected chi connectivity index (χ3v) is 4.97. The minimum absolute atomic E-state index is 0.679. The van der Waals surface area contributed by atoms with Crippen molar-refractivity contribution in [3.8, 4) is 0 Å². The summed E-state index contributed by atoms with van der Waals surface area (Å²) in [4.78, 5) is 0. The van der Waals surface area contributed by atoms with Crippen LogP contribution < -0.4 is 0 Å². The fourth-order valence-corrected chi connectivity index (χ4v) is 4.50. The zero-order valence-corrected chi connectivity index (χ0v) is 11.8. The van der Waals surface area contributed by atoms with Gasteiger partial charge in [0, 0.05) is 0 Å². The maximum absolute atomic E-state index is 2.49. The van der Waals surface area contributed by atoms with Gasteiger partial charge in [-0.15, -0.1) is 0 Å². The zero-order chi connectivity index (χ0) is 11.8. The van der Waals surface area contributed by atoms with Crippen LogP contribution in [0.2, 0.25) is 0 Å². The van der Waals surface area contributed by atoms with Crippen LogP contribution in [0.4, 0.5) is 0 Å². The predicted molar refractivity (Wildman–Crippen MR) is 68.8 cm³/mol. The second kappa shape index (κ2) is 4.47. The normalized spacial score (nSPS) is 37.4. The third-order valence-electron chi connectivity index (χ3n) is 4.97. The molecule has 0 bridgehead atoms. The fourth-order valence-electron chi connectivity index (χ4n) is 4.50. The molecule has 0 nitrogen and oxygen atoms in total. The van der Waals surface area contributed by atoms with E-state index < -0.39 is 0 Å². The summed E-state index contributed by atoms with van der Waals surface area (Å²) < 4.78 is 0. The van der Waals surface area contributed by atoms with Gasteiger partial charge in [-0.25, -0.2) is 0 Å². The van der Waals surface area contributed by atoms with Gasteiger partial charge in [0.25, 0.3) is 0 Å². The summed E-state index contributed by atoms with van der Waals surface area (Å²) in [5.74, 6) is 4.57. The Bertz CT molecular complexity index is 204. The van der Waals surface area contributed by atoms with Gasteiger partial charge < -0.3 is 0 Å². The van der Waals surface area contributed by atoms with Crippen LogP contribution in [0.25, 0.3) is 0 Å². The molecular weight excluding hydrogens is 180 g/mol. The van der Waals surface area contributed by atoms with Gasteiger partial charge in [-0.05, 0) is 47.8 Å². The smallest absolute Gasteiger partial charge is 0.0212 e. The van der Waals surface area contributed by atoms with Crippen molar-refractivity contribution in [2.75, 3.05) is 0 Å². The number of rotatable bonds is 5. The Balaban J connectivity index is 2.71. The second-order valence-corrected chi connectivity index (χ2v) is 6.55. The van der Waals surface area contributed by atoms with Gasteiger partial charge in [0.15, 0.2) is 0 Å². The van der Waals surface area contributed by atoms with E-state index in [9.17, 15) is 0 Å². The van der Waals surface area contributed by atoms with E-state index in [1.54, 1.807) is 0 Å². The van der Waals surface area contributed by atoms with Gasteiger partial charge in [-0.1, -0.05) is 48.5 Å². The molecule has 0 N–H and O–H groups in total. The van der Waals surface area contributed by atoms with Gasteiger partial charge in [0.2, 0.25) is 0 Å². The van der Waals surface area contributed by atoms with Crippen molar-refractivity contribution in [1.82, 2.24) is 0 Å². The largest absolute Gasteiger partial charge is 0.0648 e. The molecular formula is C15H30. The first-order valence-corrected chi connectivity index (χ1v) is 6.87. The first kappa shape index (κ1) is 13.1. The summed E-state index contributed by atoms with van der Waals surface area (Å²) in [6, 6.07) is 0. The van der Waals surface area contributed by atoms with Crippen molar-refractivity contribution in [1.29, 1.82) is 0 Å². The quantitative estimate of drug-likeness (QED) is 0.600. The first-order valence-electron chi connectivity index (χ1n) is 6.87. The lowest BCUT2D eigenvalue weighted by Crippen LogP contribution is -2.19. The van der Waals surface area contributed by atoms with E-state index in [0.717, 1.165) is 29.6 Å². The first-order chi connectivity index (χ1) is 6.87. The lowest BCUT2D eigenvalue weighted by molar-refractivity contribution is 0.223. The SMILES string of the molecule is CCC1(C(C)CC(C)C)C(C)C1C(C)C. The number of hydrogen-bond acceptors (Lipinski definition) is 0. The van der Waals surface area contributed by atoms with Crippen LogP contribution in [0.15, 0.2) is 0 Å². The van der Waals surface area contributed by atoms with Gasteiger partial charge in [-0.2, -0.15) is 0 Å². The van der Waals surface area contributed by atoms with Crippen molar-refractivity contribution in [3.63, 3.8) is 0 Å². The monoisotopic (exact) mass is 210 g/mol. The lowest BCUT2D eigenvalue weighted by Gasteiger charge is -2.27. The highest BCUT2D eigenvalue weighted by molar-refractivity contribution is 5.10. The molecule has 0 aromatic rings. The molecule has 15 heavy (non-hydrogen) atoms. The van der Waals surface area contributed by atoms with Crippen molar-refractivity contribution in [2.24, 2.45) is 35.0 Å². The lowest BCUT2D eigenvalue weighted by atomic mass is 9.78. The summed E-state index contributed by atoms with van der Waals surface area (Å²) in [5.41, 5.74) is 0.679. The maximum Gasteiger partial charge on any atom is -0.0212 e. The topological polar surface area (TPSA) is 0 Å². The van der Waals surface area contributed by atoms with Gasteiger partial charge in [0.1, 0.15) is 0 Å². The Morgan fingerprint density at radius 3 is 1.87 bits per heavy atom. The molecule has 4 unspecified atom stereocenters. The maximum atomic E-state index is 2.49. The molecule has 0 amide bonds. The van der Waals surface area contributed by atoms with E-state index >= 15 is 0 Å². The highest BCUT2D eigenvalue weighted by atomic mass is 14.7. The summed E-state index contributed by atoms with van der Waals surface area (Å²) in [6.07, 6.45) is 2.78. The van der Waals surface area contributed by atoms with Gasteiger partial charge in [-0.3, -0.25) is 0 Å². The highest BCUT2D eigenvalue weighted by Gasteiger charge is 2.63. The van der Waals surface area contributed by atoms with Crippen molar-refractivity contribution >= 4 is 0 Å². The van der Waals surface area contributed by atoms with E-state index in [1.807, 2.05) is 0 Å². The van der Waals surface area contributed by atoms with E-state index in [2.05, 4.69) is 48.5 Å². The van der Waals surface area contributed by atoms with Crippen LogP contribution in [0, 0.1) is 35.0 Å². The van der Waals surface area contributed by atoms with Crippen molar-refractivity contribution in [2.45, 2.75) is 61.3 Å². The fraction of sp³-hybridized carbons (Fsp3) is 1.00. The molecule has 0 radical (unpaired) electrons. The Hall–Kier alpha value is 0. The molecule has 1 fully saturated rings. The van der Waals surface area contributed by atoms with Crippen molar-refractivity contribution in [3.05, 3.63) is 0 Å². The number of hydrogen-bond donors (Lipinski definition) is 0. The molecule has 0 saturated heterocycles. The Labute approximate surface area is 96.8 Å². The molecule has 1 aliphatic rings. The van der Waals surface area contributed by atoms with Gasteiger partial charge >= 0.3 is 0 Å². The Morgan fingerprint density at radius 1 is 1.07 bits per heavy atom. The molecule has 90 valence electrons. The molecule has 1 aliphatic carbocycles. The molecule has 4 atom stereocenters. The third kappa shape index (κ3) is 2.10. The van der Waals surface area contributed by atoms with Gasteiger partial charge in [0.05, 0.1) is 0 Å². The molecule has 0 heterocycles. The van der Waals surface area contributed by atoms with Crippen molar-refractivity contribution < 1.29 is 0 Å². The summed E-state index contributed by atoms with van der Waals surface area (Å²) in [6.45, 7) is 16.9. The zero-order valence-electron chi connectivity index (χ0n) is 11.8. The summed E-state index contributed by atoms with van der Waals surface area (Å²) in [5, 5.41) is 0. The van der Waals surface area contributed by atoms with E-state index in [1.165, 1.54) is 12.8 Å². The molecule has 0 aromatic carbocycles. The Kier molecular flexibility index (Phi) is 3.90. The minimum atomic E-state index is 0.679. The highest BCUT2D eigenvalue weighted by Crippen LogP contribution is 2.68. The average Bonchev–Trinajstić information content (AvgIpc) is 2.71. The van der Waals surface area contributed by atoms with E-state index in [4.69, 9.17) is 0 Å². The Morgan fingerprint density at radius 2 is 1.60 bits per heavy atom. The summed E-state index contributed by atoms with van der Waals surface area (Å²) >= 11 is 0.